The zero-order valence-corrected chi connectivity index (χ0v) is 15.7. The van der Waals surface area contributed by atoms with E-state index in [1.54, 1.807) is 42.5 Å². The van der Waals surface area contributed by atoms with Gasteiger partial charge in [-0.15, -0.1) is 11.3 Å². The summed E-state index contributed by atoms with van der Waals surface area (Å²) in [5.74, 6) is 0.455. The third-order valence-electron chi connectivity index (χ3n) is 4.59. The molecule has 1 aromatic heterocycles. The smallest absolute Gasteiger partial charge is 0.260 e. The normalized spacial score (nSPS) is 16.6. The molecular weight excluding hydrogens is 346 g/mol. The maximum absolute atomic E-state index is 12.5. The first kappa shape index (κ1) is 18.4. The lowest BCUT2D eigenvalue weighted by atomic mass is 10.2. The Labute approximate surface area is 158 Å². The van der Waals surface area contributed by atoms with Crippen LogP contribution in [-0.4, -0.2) is 36.5 Å². The number of carbonyl (C=O) groups excluding carboxylic acids is 1. The molecule has 2 heterocycles. The van der Waals surface area contributed by atoms with Crippen molar-refractivity contribution in [2.75, 3.05) is 19.6 Å². The Morgan fingerprint density at radius 1 is 1.31 bits per heavy atom. The number of ether oxygens (including phenoxy) is 1. The Morgan fingerprint density at radius 3 is 2.65 bits per heavy atom. The molecule has 2 aromatic rings. The standard InChI is InChI=1S/C20H23N3O2S/c1-15(25-17-8-6-16(13-21)7-9-17)20(24)22-14-18(19-5-4-12-26-19)23-10-2-3-11-23/h4-9,12,15,18H,2-3,10-11,14H2,1H3,(H,22,24). The Kier molecular flexibility index (Phi) is 6.26. The zero-order chi connectivity index (χ0) is 18.4. The molecule has 3 rings (SSSR count). The lowest BCUT2D eigenvalue weighted by Gasteiger charge is -2.27. The number of rotatable bonds is 7. The molecule has 0 radical (unpaired) electrons. The van der Waals surface area contributed by atoms with Gasteiger partial charge in [0.15, 0.2) is 6.10 Å². The van der Waals surface area contributed by atoms with Crippen LogP contribution in [0.4, 0.5) is 0 Å². The minimum absolute atomic E-state index is 0.130. The molecule has 2 atom stereocenters. The summed E-state index contributed by atoms with van der Waals surface area (Å²) in [7, 11) is 0. The summed E-state index contributed by atoms with van der Waals surface area (Å²) in [6.07, 6.45) is 1.84. The van der Waals surface area contributed by atoms with E-state index < -0.39 is 6.10 Å². The summed E-state index contributed by atoms with van der Waals surface area (Å²) >= 11 is 1.73. The minimum Gasteiger partial charge on any atom is -0.481 e. The van der Waals surface area contributed by atoms with E-state index in [4.69, 9.17) is 10.00 Å². The number of thiophene rings is 1. The van der Waals surface area contributed by atoms with Gasteiger partial charge in [0.05, 0.1) is 17.7 Å². The summed E-state index contributed by atoms with van der Waals surface area (Å²) in [6.45, 7) is 4.48. The molecule has 1 aromatic carbocycles. The van der Waals surface area contributed by atoms with Crippen molar-refractivity contribution in [1.29, 1.82) is 5.26 Å². The van der Waals surface area contributed by atoms with E-state index in [1.807, 2.05) is 0 Å². The zero-order valence-electron chi connectivity index (χ0n) is 14.9. The number of nitrogens with one attached hydrogen (secondary N) is 1. The summed E-state index contributed by atoms with van der Waals surface area (Å²) < 4.78 is 5.69. The van der Waals surface area contributed by atoms with Gasteiger partial charge in [0.25, 0.3) is 5.91 Å². The van der Waals surface area contributed by atoms with Crippen LogP contribution in [0, 0.1) is 11.3 Å². The molecular formula is C20H23N3O2S. The Bertz CT molecular complexity index is 746. The number of nitrogens with zero attached hydrogens (tertiary/aromatic N) is 2. The third-order valence-corrected chi connectivity index (χ3v) is 5.56. The Balaban J connectivity index is 1.56. The molecule has 0 spiro atoms. The van der Waals surface area contributed by atoms with E-state index in [0.717, 1.165) is 13.1 Å². The van der Waals surface area contributed by atoms with Crippen molar-refractivity contribution < 1.29 is 9.53 Å². The number of hydrogen-bond donors (Lipinski definition) is 1. The van der Waals surface area contributed by atoms with Crippen molar-refractivity contribution in [1.82, 2.24) is 10.2 Å². The van der Waals surface area contributed by atoms with Crippen molar-refractivity contribution in [2.45, 2.75) is 31.9 Å². The van der Waals surface area contributed by atoms with Crippen LogP contribution in [0.15, 0.2) is 41.8 Å². The Morgan fingerprint density at radius 2 is 2.04 bits per heavy atom. The van der Waals surface area contributed by atoms with Gasteiger partial charge in [0.2, 0.25) is 0 Å². The van der Waals surface area contributed by atoms with Gasteiger partial charge >= 0.3 is 0 Å². The first-order valence-corrected chi connectivity index (χ1v) is 9.77. The molecule has 1 N–H and O–H groups in total. The number of amides is 1. The van der Waals surface area contributed by atoms with Crippen molar-refractivity contribution in [3.63, 3.8) is 0 Å². The molecule has 1 aliphatic rings. The fourth-order valence-corrected chi connectivity index (χ4v) is 4.01. The van der Waals surface area contributed by atoms with E-state index in [2.05, 4.69) is 33.8 Å². The molecule has 1 saturated heterocycles. The van der Waals surface area contributed by atoms with E-state index >= 15 is 0 Å². The number of nitriles is 1. The third kappa shape index (κ3) is 4.63. The van der Waals surface area contributed by atoms with Crippen molar-refractivity contribution in [3.05, 3.63) is 52.2 Å². The van der Waals surface area contributed by atoms with Crippen LogP contribution in [-0.2, 0) is 4.79 Å². The summed E-state index contributed by atoms with van der Waals surface area (Å²) in [4.78, 5) is 16.2. The van der Waals surface area contributed by atoms with Crippen LogP contribution in [0.1, 0.15) is 36.2 Å². The van der Waals surface area contributed by atoms with E-state index in [0.29, 0.717) is 17.9 Å². The predicted molar refractivity (Wildman–Crippen MR) is 102 cm³/mol. The molecule has 2 unspecified atom stereocenters. The fraction of sp³-hybridized carbons (Fsp3) is 0.400. The van der Waals surface area contributed by atoms with Crippen LogP contribution in [0.2, 0.25) is 0 Å². The largest absolute Gasteiger partial charge is 0.481 e. The molecule has 0 bridgehead atoms. The molecule has 6 heteroatoms. The van der Waals surface area contributed by atoms with Gasteiger partial charge < -0.3 is 10.1 Å². The van der Waals surface area contributed by atoms with Crippen LogP contribution >= 0.6 is 11.3 Å². The molecule has 1 aliphatic heterocycles. The number of likely N-dealkylation sites (tertiary alicyclic amines) is 1. The highest BCUT2D eigenvalue weighted by Gasteiger charge is 2.25. The van der Waals surface area contributed by atoms with Crippen molar-refractivity contribution in [3.8, 4) is 11.8 Å². The molecule has 1 amide bonds. The topological polar surface area (TPSA) is 65.4 Å². The average Bonchev–Trinajstić information content (AvgIpc) is 3.37. The highest BCUT2D eigenvalue weighted by atomic mass is 32.1. The van der Waals surface area contributed by atoms with E-state index in [9.17, 15) is 4.79 Å². The second-order valence-corrected chi connectivity index (χ2v) is 7.39. The number of hydrogen-bond acceptors (Lipinski definition) is 5. The fourth-order valence-electron chi connectivity index (χ4n) is 3.15. The van der Waals surface area contributed by atoms with Gasteiger partial charge in [0.1, 0.15) is 5.75 Å². The van der Waals surface area contributed by atoms with Crippen LogP contribution in [0.25, 0.3) is 0 Å². The van der Waals surface area contributed by atoms with Gasteiger partial charge in [-0.1, -0.05) is 6.07 Å². The number of carbonyl (C=O) groups is 1. The van der Waals surface area contributed by atoms with Crippen LogP contribution < -0.4 is 10.1 Å². The first-order valence-electron chi connectivity index (χ1n) is 8.89. The minimum atomic E-state index is -0.592. The van der Waals surface area contributed by atoms with Crippen LogP contribution in [0.5, 0.6) is 5.75 Å². The monoisotopic (exact) mass is 369 g/mol. The molecule has 0 saturated carbocycles. The second-order valence-electron chi connectivity index (χ2n) is 6.42. The number of benzene rings is 1. The maximum Gasteiger partial charge on any atom is 0.260 e. The van der Waals surface area contributed by atoms with Gasteiger partial charge in [-0.05, 0) is 68.6 Å². The maximum atomic E-state index is 12.5. The van der Waals surface area contributed by atoms with Crippen molar-refractivity contribution >= 4 is 17.2 Å². The molecule has 1 fully saturated rings. The highest BCUT2D eigenvalue weighted by molar-refractivity contribution is 7.10. The molecule has 26 heavy (non-hydrogen) atoms. The molecule has 5 nitrogen and oxygen atoms in total. The second kappa shape index (κ2) is 8.84. The van der Waals surface area contributed by atoms with Crippen LogP contribution in [0.3, 0.4) is 0 Å². The molecule has 0 aliphatic carbocycles. The summed E-state index contributed by atoms with van der Waals surface area (Å²) in [5.41, 5.74) is 0.568. The first-order chi connectivity index (χ1) is 12.7. The molecule has 136 valence electrons. The lowest BCUT2D eigenvalue weighted by Crippen LogP contribution is -2.41. The summed E-state index contributed by atoms with van der Waals surface area (Å²) in [5, 5.41) is 14.0. The summed E-state index contributed by atoms with van der Waals surface area (Å²) in [6, 6.07) is 13.3. The van der Waals surface area contributed by atoms with E-state index in [1.165, 1.54) is 17.7 Å². The highest BCUT2D eigenvalue weighted by Crippen LogP contribution is 2.27. The van der Waals surface area contributed by atoms with Crippen molar-refractivity contribution in [2.24, 2.45) is 0 Å². The Hall–Kier alpha value is -2.36. The predicted octanol–water partition coefficient (Wildman–Crippen LogP) is 3.34. The van der Waals surface area contributed by atoms with Gasteiger partial charge in [-0.25, -0.2) is 0 Å². The van der Waals surface area contributed by atoms with E-state index in [-0.39, 0.29) is 11.9 Å². The lowest BCUT2D eigenvalue weighted by molar-refractivity contribution is -0.127. The quantitative estimate of drug-likeness (QED) is 0.813. The van der Waals surface area contributed by atoms with Gasteiger partial charge in [0, 0.05) is 11.4 Å². The average molecular weight is 369 g/mol. The SMILES string of the molecule is CC(Oc1ccc(C#N)cc1)C(=O)NCC(c1cccs1)N1CCCC1. The van der Waals surface area contributed by atoms with Gasteiger partial charge in [-0.2, -0.15) is 5.26 Å². The van der Waals surface area contributed by atoms with Gasteiger partial charge in [-0.3, -0.25) is 9.69 Å².